The maximum absolute atomic E-state index is 10.3. The molecule has 2 unspecified atom stereocenters. The monoisotopic (exact) mass is 401 g/mol. The van der Waals surface area contributed by atoms with Crippen LogP contribution in [0.1, 0.15) is 18.2 Å². The Balaban J connectivity index is 1.49. The number of fused-ring (bicyclic) bond motifs is 1. The number of ether oxygens (including phenoxy) is 2. The molecule has 1 saturated heterocycles. The lowest BCUT2D eigenvalue weighted by Gasteiger charge is -2.16. The molecule has 0 radical (unpaired) electrons. The van der Waals surface area contributed by atoms with Gasteiger partial charge in [-0.3, -0.25) is 4.57 Å². The van der Waals surface area contributed by atoms with E-state index in [-0.39, 0.29) is 11.8 Å². The number of aliphatic hydroxyl groups excluding tert-OH is 3. The third-order valence-corrected chi connectivity index (χ3v) is 4.90. The highest BCUT2D eigenvalue weighted by atomic mass is 16.6. The molecule has 1 aromatic carbocycles. The highest BCUT2D eigenvalue weighted by Gasteiger charge is 2.44. The van der Waals surface area contributed by atoms with Gasteiger partial charge < -0.3 is 30.5 Å². The summed E-state index contributed by atoms with van der Waals surface area (Å²) in [5, 5.41) is 29.6. The van der Waals surface area contributed by atoms with Crippen LogP contribution in [0.5, 0.6) is 6.01 Å². The standard InChI is InChI=1S/C19H23N5O5/c20-16-13-17(24(10-21-13)18-15(27)14(26)12(9-25)29-18)23-19(22-16)28-8-4-7-11-5-2-1-3-6-11/h1-3,5-6,10,12,14-15,18,25-27H,4,7-9H2,(H2,20,22,23)/t12-,14?,15?,18-/m1/s1. The van der Waals surface area contributed by atoms with Crippen LogP contribution in [0.2, 0.25) is 0 Å². The van der Waals surface area contributed by atoms with Gasteiger partial charge in [0.1, 0.15) is 18.3 Å². The number of aliphatic hydroxyl groups is 3. The van der Waals surface area contributed by atoms with E-state index in [1.807, 2.05) is 18.2 Å². The van der Waals surface area contributed by atoms with Crippen LogP contribution in [0.25, 0.3) is 11.2 Å². The number of aromatic nitrogens is 4. The van der Waals surface area contributed by atoms with Gasteiger partial charge in [0.2, 0.25) is 0 Å². The summed E-state index contributed by atoms with van der Waals surface area (Å²) in [5.74, 6) is 0.138. The Morgan fingerprint density at radius 1 is 1.14 bits per heavy atom. The van der Waals surface area contributed by atoms with Crippen molar-refractivity contribution in [1.29, 1.82) is 0 Å². The van der Waals surface area contributed by atoms with E-state index in [9.17, 15) is 15.3 Å². The van der Waals surface area contributed by atoms with E-state index in [1.165, 1.54) is 16.5 Å². The minimum absolute atomic E-state index is 0.0940. The molecule has 5 N–H and O–H groups in total. The number of nitrogens with zero attached hydrogens (tertiary/aromatic N) is 4. The van der Waals surface area contributed by atoms with Crippen LogP contribution < -0.4 is 10.5 Å². The summed E-state index contributed by atoms with van der Waals surface area (Å²) in [5.41, 5.74) is 7.84. The molecular weight excluding hydrogens is 378 g/mol. The molecule has 154 valence electrons. The van der Waals surface area contributed by atoms with E-state index in [0.717, 1.165) is 12.8 Å². The highest BCUT2D eigenvalue weighted by Crippen LogP contribution is 2.32. The van der Waals surface area contributed by atoms with Gasteiger partial charge in [-0.15, -0.1) is 0 Å². The largest absolute Gasteiger partial charge is 0.463 e. The molecule has 29 heavy (non-hydrogen) atoms. The van der Waals surface area contributed by atoms with Gasteiger partial charge in [-0.25, -0.2) is 4.98 Å². The minimum Gasteiger partial charge on any atom is -0.463 e. The van der Waals surface area contributed by atoms with E-state index < -0.39 is 31.1 Å². The lowest BCUT2D eigenvalue weighted by Crippen LogP contribution is -2.33. The fourth-order valence-corrected chi connectivity index (χ4v) is 3.36. The lowest BCUT2D eigenvalue weighted by atomic mass is 10.1. The molecule has 1 aliphatic heterocycles. The van der Waals surface area contributed by atoms with Gasteiger partial charge >= 0.3 is 6.01 Å². The Bertz CT molecular complexity index is 966. The first-order valence-electron chi connectivity index (χ1n) is 9.37. The number of aryl methyl sites for hydroxylation is 1. The number of nitrogen functional groups attached to an aromatic ring is 1. The van der Waals surface area contributed by atoms with Gasteiger partial charge in [-0.2, -0.15) is 9.97 Å². The SMILES string of the molecule is Nc1nc(OCCCc2ccccc2)nc2c1ncn2[C@@H]1O[C@H](CO)C(O)C1O. The van der Waals surface area contributed by atoms with E-state index >= 15 is 0 Å². The molecule has 0 bridgehead atoms. The Morgan fingerprint density at radius 3 is 2.66 bits per heavy atom. The lowest BCUT2D eigenvalue weighted by molar-refractivity contribution is -0.0511. The number of rotatable bonds is 7. The van der Waals surface area contributed by atoms with Crippen LogP contribution in [0.4, 0.5) is 5.82 Å². The molecular formula is C19H23N5O5. The molecule has 4 atom stereocenters. The predicted octanol–water partition coefficient (Wildman–Crippen LogP) is 0.0316. The van der Waals surface area contributed by atoms with Crippen LogP contribution in [-0.4, -0.2) is 66.4 Å². The Labute approximate surface area is 166 Å². The molecule has 0 amide bonds. The second-order valence-electron chi connectivity index (χ2n) is 6.88. The molecule has 0 aliphatic carbocycles. The molecule has 10 nitrogen and oxygen atoms in total. The zero-order valence-corrected chi connectivity index (χ0v) is 15.6. The van der Waals surface area contributed by atoms with Gasteiger partial charge in [-0.1, -0.05) is 30.3 Å². The summed E-state index contributed by atoms with van der Waals surface area (Å²) in [4.78, 5) is 12.6. The topological polar surface area (TPSA) is 149 Å². The Hall–Kier alpha value is -2.79. The summed E-state index contributed by atoms with van der Waals surface area (Å²) < 4.78 is 12.7. The second-order valence-corrected chi connectivity index (χ2v) is 6.88. The first-order chi connectivity index (χ1) is 14.1. The van der Waals surface area contributed by atoms with Gasteiger partial charge in [0.15, 0.2) is 23.2 Å². The molecule has 10 heteroatoms. The van der Waals surface area contributed by atoms with Gasteiger partial charge in [0.05, 0.1) is 19.5 Å². The van der Waals surface area contributed by atoms with Crippen molar-refractivity contribution in [2.24, 2.45) is 0 Å². The molecule has 1 aliphatic rings. The minimum atomic E-state index is -1.25. The van der Waals surface area contributed by atoms with Crippen LogP contribution in [0, 0.1) is 0 Å². The maximum atomic E-state index is 10.3. The first-order valence-corrected chi connectivity index (χ1v) is 9.37. The quantitative estimate of drug-likeness (QED) is 0.402. The first kappa shape index (κ1) is 19.5. The number of imidazole rings is 1. The number of nitrogens with two attached hydrogens (primary N) is 1. The molecule has 4 rings (SSSR count). The normalized spacial score (nSPS) is 24.2. The van der Waals surface area contributed by atoms with Crippen LogP contribution in [-0.2, 0) is 11.2 Å². The van der Waals surface area contributed by atoms with E-state index in [4.69, 9.17) is 15.2 Å². The third kappa shape index (κ3) is 3.87. The van der Waals surface area contributed by atoms with Crippen molar-refractivity contribution in [2.75, 3.05) is 18.9 Å². The molecule has 0 spiro atoms. The average Bonchev–Trinajstić information content (AvgIpc) is 3.28. The van der Waals surface area contributed by atoms with Crippen molar-refractivity contribution >= 4 is 17.0 Å². The summed E-state index contributed by atoms with van der Waals surface area (Å²) >= 11 is 0. The molecule has 3 heterocycles. The highest BCUT2D eigenvalue weighted by molar-refractivity contribution is 5.82. The van der Waals surface area contributed by atoms with Crippen molar-refractivity contribution in [3.05, 3.63) is 42.2 Å². The summed E-state index contributed by atoms with van der Waals surface area (Å²) in [6.07, 6.45) is -1.31. The van der Waals surface area contributed by atoms with Gasteiger partial charge in [-0.05, 0) is 18.4 Å². The van der Waals surface area contributed by atoms with Crippen molar-refractivity contribution in [3.8, 4) is 6.01 Å². The summed E-state index contributed by atoms with van der Waals surface area (Å²) in [6, 6.07) is 10.2. The Kier molecular flexibility index (Phi) is 5.58. The molecule has 3 aromatic rings. The van der Waals surface area contributed by atoms with Crippen LogP contribution in [0.15, 0.2) is 36.7 Å². The second kappa shape index (κ2) is 8.29. The number of benzene rings is 1. The van der Waals surface area contributed by atoms with Crippen molar-refractivity contribution < 1.29 is 24.8 Å². The van der Waals surface area contributed by atoms with Crippen molar-refractivity contribution in [2.45, 2.75) is 37.4 Å². The Morgan fingerprint density at radius 2 is 1.93 bits per heavy atom. The number of hydrogen-bond donors (Lipinski definition) is 4. The molecule has 1 fully saturated rings. The fourth-order valence-electron chi connectivity index (χ4n) is 3.36. The van der Waals surface area contributed by atoms with Gasteiger partial charge in [0.25, 0.3) is 0 Å². The van der Waals surface area contributed by atoms with Crippen LogP contribution in [0.3, 0.4) is 0 Å². The molecule has 2 aromatic heterocycles. The number of anilines is 1. The summed E-state index contributed by atoms with van der Waals surface area (Å²) in [6.45, 7) is -0.0178. The summed E-state index contributed by atoms with van der Waals surface area (Å²) in [7, 11) is 0. The maximum Gasteiger partial charge on any atom is 0.320 e. The zero-order chi connectivity index (χ0) is 20.4. The third-order valence-electron chi connectivity index (χ3n) is 4.90. The number of hydrogen-bond acceptors (Lipinski definition) is 9. The van der Waals surface area contributed by atoms with Crippen molar-refractivity contribution in [1.82, 2.24) is 19.5 Å². The van der Waals surface area contributed by atoms with E-state index in [1.54, 1.807) is 0 Å². The van der Waals surface area contributed by atoms with Gasteiger partial charge in [0, 0.05) is 0 Å². The van der Waals surface area contributed by atoms with Crippen LogP contribution >= 0.6 is 0 Å². The smallest absolute Gasteiger partial charge is 0.320 e. The van der Waals surface area contributed by atoms with E-state index in [2.05, 4.69) is 27.1 Å². The van der Waals surface area contributed by atoms with Crippen molar-refractivity contribution in [3.63, 3.8) is 0 Å². The predicted molar refractivity (Wildman–Crippen MR) is 103 cm³/mol. The average molecular weight is 401 g/mol. The fraction of sp³-hybridized carbons (Fsp3) is 0.421. The zero-order valence-electron chi connectivity index (χ0n) is 15.6. The van der Waals surface area contributed by atoms with E-state index in [0.29, 0.717) is 17.8 Å². The molecule has 0 saturated carbocycles.